The highest BCUT2D eigenvalue weighted by Crippen LogP contribution is 2.09. The lowest BCUT2D eigenvalue weighted by Gasteiger charge is -2.05. The number of aromatic nitrogens is 4. The number of nitrogens with zero attached hydrogens (tertiary/aromatic N) is 4. The number of carbonyl (C=O) groups is 1. The van der Waals surface area contributed by atoms with Crippen LogP contribution in [-0.4, -0.2) is 26.1 Å². The first-order valence-electron chi connectivity index (χ1n) is 5.97. The Kier molecular flexibility index (Phi) is 3.24. The van der Waals surface area contributed by atoms with E-state index in [-0.39, 0.29) is 5.91 Å². The maximum Gasteiger partial charge on any atom is 0.251 e. The lowest BCUT2D eigenvalue weighted by molar-refractivity contribution is 0.0948. The number of hydrogen-bond acceptors (Lipinski definition) is 5. The third-order valence-corrected chi connectivity index (χ3v) is 2.73. The van der Waals surface area contributed by atoms with Crippen molar-refractivity contribution in [1.82, 2.24) is 25.5 Å². The molecule has 0 fully saturated rings. The standard InChI is InChI=1S/C13H11N5O2/c19-13(14-8-12-5-2-6-20-12)10-3-1-4-11(7-10)18-9-15-16-17-18/h1-7,9H,8H2,(H,14,19). The van der Waals surface area contributed by atoms with Crippen molar-refractivity contribution < 1.29 is 9.21 Å². The molecule has 0 spiro atoms. The number of hydrogen-bond donors (Lipinski definition) is 1. The van der Waals surface area contributed by atoms with Crippen molar-refractivity contribution in [2.45, 2.75) is 6.54 Å². The second-order valence-corrected chi connectivity index (χ2v) is 4.07. The highest BCUT2D eigenvalue weighted by atomic mass is 16.3. The van der Waals surface area contributed by atoms with Gasteiger partial charge in [0, 0.05) is 5.56 Å². The van der Waals surface area contributed by atoms with Gasteiger partial charge in [0.25, 0.3) is 5.91 Å². The van der Waals surface area contributed by atoms with Crippen LogP contribution < -0.4 is 5.32 Å². The first-order chi connectivity index (χ1) is 9.83. The van der Waals surface area contributed by atoms with Gasteiger partial charge in [-0.25, -0.2) is 4.68 Å². The lowest BCUT2D eigenvalue weighted by atomic mass is 10.2. The normalized spacial score (nSPS) is 10.4. The van der Waals surface area contributed by atoms with Gasteiger partial charge in [0.05, 0.1) is 18.5 Å². The van der Waals surface area contributed by atoms with Gasteiger partial charge in [-0.2, -0.15) is 0 Å². The van der Waals surface area contributed by atoms with Crippen LogP contribution in [0.4, 0.5) is 0 Å². The summed E-state index contributed by atoms with van der Waals surface area (Å²) in [4.78, 5) is 12.0. The second-order valence-electron chi connectivity index (χ2n) is 4.07. The molecule has 7 heteroatoms. The summed E-state index contributed by atoms with van der Waals surface area (Å²) in [5.41, 5.74) is 1.25. The Bertz CT molecular complexity index is 691. The van der Waals surface area contributed by atoms with E-state index in [1.807, 2.05) is 6.07 Å². The average molecular weight is 269 g/mol. The van der Waals surface area contributed by atoms with Gasteiger partial charge in [-0.1, -0.05) is 6.07 Å². The summed E-state index contributed by atoms with van der Waals surface area (Å²) < 4.78 is 6.65. The molecule has 1 N–H and O–H groups in total. The van der Waals surface area contributed by atoms with Crippen molar-refractivity contribution in [3.63, 3.8) is 0 Å². The SMILES string of the molecule is O=C(NCc1ccco1)c1cccc(-n2cnnn2)c1. The Morgan fingerprint density at radius 1 is 1.30 bits per heavy atom. The van der Waals surface area contributed by atoms with Crippen molar-refractivity contribution in [3.05, 3.63) is 60.3 Å². The zero-order valence-electron chi connectivity index (χ0n) is 10.4. The van der Waals surface area contributed by atoms with Gasteiger partial charge in [-0.3, -0.25) is 4.79 Å². The Hall–Kier alpha value is -2.96. The molecule has 2 aromatic heterocycles. The number of furan rings is 1. The number of nitrogens with one attached hydrogen (secondary N) is 1. The predicted molar refractivity (Wildman–Crippen MR) is 69.0 cm³/mol. The number of carbonyl (C=O) groups excluding carboxylic acids is 1. The Balaban J connectivity index is 1.73. The van der Waals surface area contributed by atoms with E-state index in [0.29, 0.717) is 17.9 Å². The fourth-order valence-electron chi connectivity index (χ4n) is 1.75. The molecule has 0 saturated heterocycles. The minimum absolute atomic E-state index is 0.184. The predicted octanol–water partition coefficient (Wildman–Crippen LogP) is 1.19. The van der Waals surface area contributed by atoms with Crippen molar-refractivity contribution in [3.8, 4) is 5.69 Å². The molecule has 0 bridgehead atoms. The smallest absolute Gasteiger partial charge is 0.251 e. The van der Waals surface area contributed by atoms with Gasteiger partial charge >= 0.3 is 0 Å². The molecular weight excluding hydrogens is 258 g/mol. The highest BCUT2D eigenvalue weighted by Gasteiger charge is 2.08. The van der Waals surface area contributed by atoms with Gasteiger partial charge < -0.3 is 9.73 Å². The maximum atomic E-state index is 12.0. The molecule has 100 valence electrons. The quantitative estimate of drug-likeness (QED) is 0.768. The zero-order valence-corrected chi connectivity index (χ0v) is 10.4. The van der Waals surface area contributed by atoms with E-state index in [1.165, 1.54) is 11.0 Å². The molecule has 0 aliphatic heterocycles. The molecular formula is C13H11N5O2. The lowest BCUT2D eigenvalue weighted by Crippen LogP contribution is -2.22. The van der Waals surface area contributed by atoms with Gasteiger partial charge in [-0.05, 0) is 40.8 Å². The number of rotatable bonds is 4. The van der Waals surface area contributed by atoms with E-state index in [4.69, 9.17) is 4.42 Å². The average Bonchev–Trinajstić information content (AvgIpc) is 3.18. The Morgan fingerprint density at radius 2 is 2.25 bits per heavy atom. The summed E-state index contributed by atoms with van der Waals surface area (Å²) in [6, 6.07) is 10.6. The molecule has 3 aromatic rings. The topological polar surface area (TPSA) is 85.8 Å². The van der Waals surface area contributed by atoms with Gasteiger partial charge in [0.2, 0.25) is 0 Å². The molecule has 7 nitrogen and oxygen atoms in total. The van der Waals surface area contributed by atoms with Gasteiger partial charge in [0.15, 0.2) is 0 Å². The maximum absolute atomic E-state index is 12.0. The first-order valence-corrected chi connectivity index (χ1v) is 5.97. The number of benzene rings is 1. The molecule has 0 saturated carbocycles. The third-order valence-electron chi connectivity index (χ3n) is 2.73. The largest absolute Gasteiger partial charge is 0.467 e. The molecule has 2 heterocycles. The number of tetrazole rings is 1. The minimum atomic E-state index is -0.184. The van der Waals surface area contributed by atoms with Gasteiger partial charge in [0.1, 0.15) is 12.1 Å². The molecule has 0 unspecified atom stereocenters. The van der Waals surface area contributed by atoms with E-state index in [0.717, 1.165) is 5.69 Å². The van der Waals surface area contributed by atoms with E-state index >= 15 is 0 Å². The van der Waals surface area contributed by atoms with Crippen LogP contribution in [0.15, 0.2) is 53.4 Å². The second kappa shape index (κ2) is 5.35. The molecule has 20 heavy (non-hydrogen) atoms. The summed E-state index contributed by atoms with van der Waals surface area (Å²) in [5, 5.41) is 13.7. The van der Waals surface area contributed by atoms with Crippen LogP contribution in [-0.2, 0) is 6.54 Å². The molecule has 0 aliphatic rings. The highest BCUT2D eigenvalue weighted by molar-refractivity contribution is 5.94. The van der Waals surface area contributed by atoms with Gasteiger partial charge in [-0.15, -0.1) is 5.10 Å². The molecule has 0 atom stereocenters. The monoisotopic (exact) mass is 269 g/mol. The van der Waals surface area contributed by atoms with Crippen LogP contribution in [0.3, 0.4) is 0 Å². The van der Waals surface area contributed by atoms with Crippen LogP contribution in [0.5, 0.6) is 0 Å². The van der Waals surface area contributed by atoms with E-state index in [1.54, 1.807) is 36.6 Å². The fourth-order valence-corrected chi connectivity index (χ4v) is 1.75. The number of amides is 1. The van der Waals surface area contributed by atoms with Crippen LogP contribution in [0, 0.1) is 0 Å². The van der Waals surface area contributed by atoms with E-state index in [2.05, 4.69) is 20.8 Å². The third kappa shape index (κ3) is 2.56. The Labute approximate surface area is 114 Å². The van der Waals surface area contributed by atoms with E-state index < -0.39 is 0 Å². The summed E-state index contributed by atoms with van der Waals surface area (Å²) in [5.74, 6) is 0.520. The minimum Gasteiger partial charge on any atom is -0.467 e. The summed E-state index contributed by atoms with van der Waals surface area (Å²) >= 11 is 0. The molecule has 0 radical (unpaired) electrons. The molecule has 1 amide bonds. The summed E-state index contributed by atoms with van der Waals surface area (Å²) in [6.45, 7) is 0.348. The zero-order chi connectivity index (χ0) is 13.8. The van der Waals surface area contributed by atoms with Crippen LogP contribution >= 0.6 is 0 Å². The molecule has 1 aromatic carbocycles. The van der Waals surface area contributed by atoms with Crippen LogP contribution in [0.1, 0.15) is 16.1 Å². The first kappa shape index (κ1) is 12.1. The fraction of sp³-hybridized carbons (Fsp3) is 0.0769. The van der Waals surface area contributed by atoms with Crippen molar-refractivity contribution in [1.29, 1.82) is 0 Å². The van der Waals surface area contributed by atoms with Crippen molar-refractivity contribution in [2.24, 2.45) is 0 Å². The summed E-state index contributed by atoms with van der Waals surface area (Å²) in [7, 11) is 0. The van der Waals surface area contributed by atoms with Crippen LogP contribution in [0.2, 0.25) is 0 Å². The van der Waals surface area contributed by atoms with Crippen molar-refractivity contribution in [2.75, 3.05) is 0 Å². The molecule has 3 rings (SSSR count). The van der Waals surface area contributed by atoms with E-state index in [9.17, 15) is 4.79 Å². The Morgan fingerprint density at radius 3 is 3.00 bits per heavy atom. The van der Waals surface area contributed by atoms with Crippen LogP contribution in [0.25, 0.3) is 5.69 Å². The summed E-state index contributed by atoms with van der Waals surface area (Å²) in [6.07, 6.45) is 3.04. The van der Waals surface area contributed by atoms with Crippen molar-refractivity contribution >= 4 is 5.91 Å². The molecule has 0 aliphatic carbocycles.